The summed E-state index contributed by atoms with van der Waals surface area (Å²) >= 11 is 0. The van der Waals surface area contributed by atoms with Crippen LogP contribution in [0.5, 0.6) is 0 Å². The van der Waals surface area contributed by atoms with Crippen molar-refractivity contribution >= 4 is 10.9 Å². The Kier molecular flexibility index (Phi) is 1.35. The summed E-state index contributed by atoms with van der Waals surface area (Å²) in [7, 11) is 1.97. The smallest absolute Gasteiger partial charge is 0.0901 e. The van der Waals surface area contributed by atoms with E-state index in [-0.39, 0.29) is 5.54 Å². The Morgan fingerprint density at radius 2 is 2.07 bits per heavy atom. The normalized spacial score (nSPS) is 18.7. The van der Waals surface area contributed by atoms with Crippen LogP contribution in [0.1, 0.15) is 18.5 Å². The summed E-state index contributed by atoms with van der Waals surface area (Å²) in [5, 5.41) is 5.72. The number of aromatic nitrogens is 2. The van der Waals surface area contributed by atoms with Crippen molar-refractivity contribution in [2.75, 3.05) is 0 Å². The SMILES string of the molecule is Cn1nc(C2(N)CC2)c2ccccc21. The molecule has 14 heavy (non-hydrogen) atoms. The first-order valence-electron chi connectivity index (χ1n) is 4.92. The van der Waals surface area contributed by atoms with Crippen LogP contribution in [0, 0.1) is 0 Å². The van der Waals surface area contributed by atoms with Gasteiger partial charge in [0.25, 0.3) is 0 Å². The zero-order chi connectivity index (χ0) is 9.76. The lowest BCUT2D eigenvalue weighted by atomic mass is 10.1. The lowest BCUT2D eigenvalue weighted by molar-refractivity contribution is 0.669. The Balaban J connectivity index is 2.34. The molecule has 2 aromatic rings. The van der Waals surface area contributed by atoms with Gasteiger partial charge in [-0.1, -0.05) is 18.2 Å². The van der Waals surface area contributed by atoms with Gasteiger partial charge in [-0.15, -0.1) is 0 Å². The maximum absolute atomic E-state index is 6.17. The van der Waals surface area contributed by atoms with E-state index in [9.17, 15) is 0 Å². The average molecular weight is 187 g/mol. The van der Waals surface area contributed by atoms with Gasteiger partial charge < -0.3 is 5.73 Å². The molecule has 1 aliphatic rings. The second-order valence-electron chi connectivity index (χ2n) is 4.15. The number of benzene rings is 1. The van der Waals surface area contributed by atoms with Crippen molar-refractivity contribution in [1.82, 2.24) is 9.78 Å². The monoisotopic (exact) mass is 187 g/mol. The summed E-state index contributed by atoms with van der Waals surface area (Å²) in [5.74, 6) is 0. The molecule has 0 radical (unpaired) electrons. The first-order valence-corrected chi connectivity index (χ1v) is 4.92. The first-order chi connectivity index (χ1) is 6.71. The molecule has 1 fully saturated rings. The molecule has 3 rings (SSSR count). The predicted octanol–water partition coefficient (Wildman–Crippen LogP) is 1.52. The van der Waals surface area contributed by atoms with Gasteiger partial charge in [0, 0.05) is 12.4 Å². The lowest BCUT2D eigenvalue weighted by Gasteiger charge is -2.03. The lowest BCUT2D eigenvalue weighted by Crippen LogP contribution is -2.19. The highest BCUT2D eigenvalue weighted by atomic mass is 15.3. The van der Waals surface area contributed by atoms with Crippen LogP contribution in [-0.4, -0.2) is 9.78 Å². The van der Waals surface area contributed by atoms with Gasteiger partial charge in [-0.25, -0.2) is 0 Å². The molecule has 72 valence electrons. The molecular weight excluding hydrogens is 174 g/mol. The van der Waals surface area contributed by atoms with Gasteiger partial charge in [-0.2, -0.15) is 5.10 Å². The van der Waals surface area contributed by atoms with E-state index >= 15 is 0 Å². The van der Waals surface area contributed by atoms with Crippen molar-refractivity contribution in [3.63, 3.8) is 0 Å². The molecule has 0 saturated heterocycles. The van der Waals surface area contributed by atoms with E-state index in [0.717, 1.165) is 18.5 Å². The van der Waals surface area contributed by atoms with E-state index in [4.69, 9.17) is 5.73 Å². The first kappa shape index (κ1) is 8.00. The molecule has 0 spiro atoms. The van der Waals surface area contributed by atoms with E-state index in [0.29, 0.717) is 0 Å². The van der Waals surface area contributed by atoms with Crippen LogP contribution in [-0.2, 0) is 12.6 Å². The predicted molar refractivity (Wildman–Crippen MR) is 55.8 cm³/mol. The molecule has 1 aromatic carbocycles. The average Bonchev–Trinajstić information content (AvgIpc) is 2.84. The molecule has 1 aromatic heterocycles. The van der Waals surface area contributed by atoms with Crippen LogP contribution >= 0.6 is 0 Å². The van der Waals surface area contributed by atoms with Gasteiger partial charge in [0.15, 0.2) is 0 Å². The van der Waals surface area contributed by atoms with Crippen molar-refractivity contribution in [2.24, 2.45) is 12.8 Å². The van der Waals surface area contributed by atoms with E-state index in [1.807, 2.05) is 23.9 Å². The molecule has 3 nitrogen and oxygen atoms in total. The zero-order valence-electron chi connectivity index (χ0n) is 8.20. The third-order valence-corrected chi connectivity index (χ3v) is 3.02. The zero-order valence-corrected chi connectivity index (χ0v) is 8.20. The van der Waals surface area contributed by atoms with Crippen LogP contribution in [0.25, 0.3) is 10.9 Å². The number of para-hydroxylation sites is 1. The molecule has 1 heterocycles. The molecule has 1 saturated carbocycles. The van der Waals surface area contributed by atoms with Gasteiger partial charge in [-0.05, 0) is 18.9 Å². The quantitative estimate of drug-likeness (QED) is 0.735. The summed E-state index contributed by atoms with van der Waals surface area (Å²) in [6, 6.07) is 8.26. The Morgan fingerprint density at radius 1 is 1.36 bits per heavy atom. The largest absolute Gasteiger partial charge is 0.320 e. The standard InChI is InChI=1S/C11H13N3/c1-14-9-5-3-2-4-8(9)10(13-14)11(12)6-7-11/h2-5H,6-7,12H2,1H3. The van der Waals surface area contributed by atoms with Gasteiger partial charge in [0.2, 0.25) is 0 Å². The second kappa shape index (κ2) is 2.36. The summed E-state index contributed by atoms with van der Waals surface area (Å²) in [6.07, 6.45) is 2.13. The molecule has 3 heteroatoms. The Bertz CT molecular complexity index is 494. The Labute approximate surface area is 82.5 Å². The third-order valence-electron chi connectivity index (χ3n) is 3.02. The molecule has 1 aliphatic carbocycles. The third kappa shape index (κ3) is 0.930. The van der Waals surface area contributed by atoms with Gasteiger partial charge >= 0.3 is 0 Å². The van der Waals surface area contributed by atoms with Crippen molar-refractivity contribution in [1.29, 1.82) is 0 Å². The summed E-state index contributed by atoms with van der Waals surface area (Å²) in [6.45, 7) is 0. The maximum atomic E-state index is 6.17. The number of hydrogen-bond donors (Lipinski definition) is 1. The summed E-state index contributed by atoms with van der Waals surface area (Å²) < 4.78 is 1.91. The topological polar surface area (TPSA) is 43.8 Å². The molecule has 0 bridgehead atoms. The summed E-state index contributed by atoms with van der Waals surface area (Å²) in [5.41, 5.74) is 8.26. The number of nitrogens with two attached hydrogens (primary N) is 1. The molecular formula is C11H13N3. The van der Waals surface area contributed by atoms with Crippen LogP contribution in [0.3, 0.4) is 0 Å². The fourth-order valence-corrected chi connectivity index (χ4v) is 1.95. The number of hydrogen-bond acceptors (Lipinski definition) is 2. The number of rotatable bonds is 1. The minimum atomic E-state index is -0.138. The molecule has 0 atom stereocenters. The molecule has 0 aliphatic heterocycles. The van der Waals surface area contributed by atoms with Crippen molar-refractivity contribution in [3.05, 3.63) is 30.0 Å². The van der Waals surface area contributed by atoms with Crippen molar-refractivity contribution < 1.29 is 0 Å². The van der Waals surface area contributed by atoms with Gasteiger partial charge in [-0.3, -0.25) is 4.68 Å². The highest BCUT2D eigenvalue weighted by Gasteiger charge is 2.43. The van der Waals surface area contributed by atoms with Crippen LogP contribution in [0.2, 0.25) is 0 Å². The van der Waals surface area contributed by atoms with Crippen molar-refractivity contribution in [3.8, 4) is 0 Å². The number of nitrogens with zero attached hydrogens (tertiary/aromatic N) is 2. The van der Waals surface area contributed by atoms with Crippen LogP contribution in [0.15, 0.2) is 24.3 Å². The fraction of sp³-hybridized carbons (Fsp3) is 0.364. The Morgan fingerprint density at radius 3 is 2.79 bits per heavy atom. The molecule has 2 N–H and O–H groups in total. The van der Waals surface area contributed by atoms with E-state index in [2.05, 4.69) is 17.2 Å². The molecule has 0 unspecified atom stereocenters. The highest BCUT2D eigenvalue weighted by Crippen LogP contribution is 2.44. The second-order valence-corrected chi connectivity index (χ2v) is 4.15. The van der Waals surface area contributed by atoms with Gasteiger partial charge in [0.05, 0.1) is 16.7 Å². The minimum absolute atomic E-state index is 0.138. The van der Waals surface area contributed by atoms with E-state index < -0.39 is 0 Å². The Hall–Kier alpha value is -1.35. The van der Waals surface area contributed by atoms with E-state index in [1.54, 1.807) is 0 Å². The highest BCUT2D eigenvalue weighted by molar-refractivity contribution is 5.83. The minimum Gasteiger partial charge on any atom is -0.320 e. The van der Waals surface area contributed by atoms with Crippen LogP contribution in [0.4, 0.5) is 0 Å². The number of aryl methyl sites for hydroxylation is 1. The summed E-state index contributed by atoms with van der Waals surface area (Å²) in [4.78, 5) is 0. The van der Waals surface area contributed by atoms with Crippen LogP contribution < -0.4 is 5.73 Å². The molecule has 0 amide bonds. The maximum Gasteiger partial charge on any atom is 0.0901 e. The van der Waals surface area contributed by atoms with E-state index in [1.165, 1.54) is 10.9 Å². The number of fused-ring (bicyclic) bond motifs is 1. The van der Waals surface area contributed by atoms with Crippen molar-refractivity contribution in [2.45, 2.75) is 18.4 Å². The fourth-order valence-electron chi connectivity index (χ4n) is 1.95. The van der Waals surface area contributed by atoms with Gasteiger partial charge in [0.1, 0.15) is 0 Å².